The van der Waals surface area contributed by atoms with E-state index in [0.29, 0.717) is 13.0 Å². The van der Waals surface area contributed by atoms with Gasteiger partial charge in [0.1, 0.15) is 0 Å². The number of urea groups is 1. The van der Waals surface area contributed by atoms with Crippen molar-refractivity contribution in [1.29, 1.82) is 0 Å². The van der Waals surface area contributed by atoms with Crippen LogP contribution in [-0.2, 0) is 4.79 Å². The first kappa shape index (κ1) is 16.3. The number of carbonyl (C=O) groups is 2. The lowest BCUT2D eigenvalue weighted by Gasteiger charge is -2.24. The number of rotatable bonds is 7. The zero-order valence-electron chi connectivity index (χ0n) is 11.3. The lowest BCUT2D eigenvalue weighted by molar-refractivity contribution is -0.137. The van der Waals surface area contributed by atoms with Crippen LogP contribution in [0.4, 0.5) is 4.79 Å². The molecular formula is C13H22N2O3. The molecule has 0 radical (unpaired) electrons. The standard InChI is InChI=1S/C13H22N2O3/c1-5-10-15(4)12(18)14-9-8-13(2,3)7-6-11(16)17/h1H,6-10H2,2-4H3,(H,14,18)(H,16,17). The van der Waals surface area contributed by atoms with E-state index in [2.05, 4.69) is 11.2 Å². The van der Waals surface area contributed by atoms with Gasteiger partial charge in [-0.05, 0) is 18.3 Å². The van der Waals surface area contributed by atoms with Gasteiger partial charge in [0.15, 0.2) is 0 Å². The van der Waals surface area contributed by atoms with Crippen molar-refractivity contribution in [3.63, 3.8) is 0 Å². The molecule has 0 saturated heterocycles. The summed E-state index contributed by atoms with van der Waals surface area (Å²) in [6.07, 6.45) is 6.58. The molecule has 0 aromatic carbocycles. The number of hydrogen-bond donors (Lipinski definition) is 2. The van der Waals surface area contributed by atoms with E-state index in [-0.39, 0.29) is 24.4 Å². The molecule has 0 aliphatic carbocycles. The Morgan fingerprint density at radius 2 is 2.00 bits per heavy atom. The molecule has 0 heterocycles. The summed E-state index contributed by atoms with van der Waals surface area (Å²) >= 11 is 0. The molecule has 5 heteroatoms. The average Bonchev–Trinajstić information content (AvgIpc) is 2.26. The molecule has 102 valence electrons. The minimum absolute atomic E-state index is 0.101. The molecule has 0 rings (SSSR count). The summed E-state index contributed by atoms with van der Waals surface area (Å²) in [6.45, 7) is 4.77. The molecule has 0 atom stereocenters. The molecule has 0 unspecified atom stereocenters. The molecule has 0 spiro atoms. The fourth-order valence-electron chi connectivity index (χ4n) is 1.42. The van der Waals surface area contributed by atoms with Crippen molar-refractivity contribution in [2.45, 2.75) is 33.1 Å². The number of carbonyl (C=O) groups excluding carboxylic acids is 1. The molecule has 18 heavy (non-hydrogen) atoms. The van der Waals surface area contributed by atoms with Gasteiger partial charge in [0.05, 0.1) is 6.54 Å². The van der Waals surface area contributed by atoms with E-state index in [4.69, 9.17) is 11.5 Å². The predicted octanol–water partition coefficient (Wildman–Crippen LogP) is 1.54. The lowest BCUT2D eigenvalue weighted by Crippen LogP contribution is -2.38. The summed E-state index contributed by atoms with van der Waals surface area (Å²) in [4.78, 5) is 23.4. The summed E-state index contributed by atoms with van der Waals surface area (Å²) in [7, 11) is 1.63. The second-order valence-electron chi connectivity index (χ2n) is 5.10. The van der Waals surface area contributed by atoms with Gasteiger partial charge in [-0.25, -0.2) is 4.79 Å². The predicted molar refractivity (Wildman–Crippen MR) is 70.1 cm³/mol. The minimum Gasteiger partial charge on any atom is -0.481 e. The van der Waals surface area contributed by atoms with Crippen molar-refractivity contribution in [1.82, 2.24) is 10.2 Å². The Kier molecular flexibility index (Phi) is 6.88. The van der Waals surface area contributed by atoms with Crippen LogP contribution in [0.3, 0.4) is 0 Å². The van der Waals surface area contributed by atoms with Crippen molar-refractivity contribution in [3.8, 4) is 12.3 Å². The molecule has 0 aromatic rings. The van der Waals surface area contributed by atoms with Crippen molar-refractivity contribution >= 4 is 12.0 Å². The maximum Gasteiger partial charge on any atom is 0.317 e. The number of nitrogens with one attached hydrogen (secondary N) is 1. The van der Waals surface area contributed by atoms with Gasteiger partial charge in [-0.15, -0.1) is 6.42 Å². The van der Waals surface area contributed by atoms with E-state index in [1.807, 2.05) is 13.8 Å². The third-order valence-electron chi connectivity index (χ3n) is 2.77. The number of nitrogens with zero attached hydrogens (tertiary/aromatic N) is 1. The van der Waals surface area contributed by atoms with Gasteiger partial charge < -0.3 is 15.3 Å². The lowest BCUT2D eigenvalue weighted by atomic mass is 9.84. The third kappa shape index (κ3) is 7.55. The van der Waals surface area contributed by atoms with Gasteiger partial charge in [0, 0.05) is 20.0 Å². The van der Waals surface area contributed by atoms with Gasteiger partial charge in [-0.3, -0.25) is 4.79 Å². The number of amides is 2. The van der Waals surface area contributed by atoms with E-state index in [1.165, 1.54) is 4.90 Å². The Bertz CT molecular complexity index is 332. The van der Waals surface area contributed by atoms with E-state index in [1.54, 1.807) is 7.05 Å². The Labute approximate surface area is 109 Å². The maximum atomic E-state index is 11.5. The number of terminal acetylenes is 1. The van der Waals surface area contributed by atoms with Gasteiger partial charge in [-0.2, -0.15) is 0 Å². The molecule has 2 N–H and O–H groups in total. The summed E-state index contributed by atoms with van der Waals surface area (Å²) in [5.41, 5.74) is -0.101. The molecule has 2 amide bonds. The first-order valence-corrected chi connectivity index (χ1v) is 5.93. The molecule has 0 bridgehead atoms. The second-order valence-corrected chi connectivity index (χ2v) is 5.10. The monoisotopic (exact) mass is 254 g/mol. The molecule has 5 nitrogen and oxygen atoms in total. The molecule has 0 saturated carbocycles. The highest BCUT2D eigenvalue weighted by Gasteiger charge is 2.19. The van der Waals surface area contributed by atoms with Crippen LogP contribution in [0.2, 0.25) is 0 Å². The summed E-state index contributed by atoms with van der Waals surface area (Å²) < 4.78 is 0. The van der Waals surface area contributed by atoms with Gasteiger partial charge in [0.25, 0.3) is 0 Å². The number of carboxylic acid groups (broad SMARTS) is 1. The normalized spacial score (nSPS) is 10.6. The second kappa shape index (κ2) is 7.59. The Morgan fingerprint density at radius 1 is 1.39 bits per heavy atom. The summed E-state index contributed by atoms with van der Waals surface area (Å²) in [5, 5.41) is 11.4. The van der Waals surface area contributed by atoms with Crippen LogP contribution < -0.4 is 5.32 Å². The molecule has 0 aliphatic heterocycles. The topological polar surface area (TPSA) is 69.6 Å². The van der Waals surface area contributed by atoms with Crippen molar-refractivity contribution in [2.75, 3.05) is 20.1 Å². The minimum atomic E-state index is -0.791. The first-order chi connectivity index (χ1) is 8.28. The third-order valence-corrected chi connectivity index (χ3v) is 2.77. The van der Waals surface area contributed by atoms with Crippen LogP contribution in [0.15, 0.2) is 0 Å². The molecule has 0 aliphatic rings. The number of carboxylic acids is 1. The van der Waals surface area contributed by atoms with Crippen LogP contribution in [0.1, 0.15) is 33.1 Å². The van der Waals surface area contributed by atoms with Crippen LogP contribution in [0, 0.1) is 17.8 Å². The highest BCUT2D eigenvalue weighted by molar-refractivity contribution is 5.74. The van der Waals surface area contributed by atoms with Crippen molar-refractivity contribution in [2.24, 2.45) is 5.41 Å². The zero-order valence-corrected chi connectivity index (χ0v) is 11.3. The van der Waals surface area contributed by atoms with E-state index in [0.717, 1.165) is 6.42 Å². The van der Waals surface area contributed by atoms with Crippen LogP contribution in [0.25, 0.3) is 0 Å². The molecular weight excluding hydrogens is 232 g/mol. The zero-order chi connectivity index (χ0) is 14.2. The van der Waals surface area contributed by atoms with Crippen molar-refractivity contribution < 1.29 is 14.7 Å². The molecule has 0 fully saturated rings. The van der Waals surface area contributed by atoms with E-state index < -0.39 is 5.97 Å². The quantitative estimate of drug-likeness (QED) is 0.677. The van der Waals surface area contributed by atoms with Crippen LogP contribution >= 0.6 is 0 Å². The van der Waals surface area contributed by atoms with Gasteiger partial charge in [-0.1, -0.05) is 19.8 Å². The van der Waals surface area contributed by atoms with Crippen LogP contribution in [0.5, 0.6) is 0 Å². The van der Waals surface area contributed by atoms with Crippen LogP contribution in [-0.4, -0.2) is 42.1 Å². The Morgan fingerprint density at radius 3 is 2.50 bits per heavy atom. The van der Waals surface area contributed by atoms with E-state index in [9.17, 15) is 9.59 Å². The Balaban J connectivity index is 3.92. The Hall–Kier alpha value is -1.70. The first-order valence-electron chi connectivity index (χ1n) is 5.93. The largest absolute Gasteiger partial charge is 0.481 e. The summed E-state index contributed by atoms with van der Waals surface area (Å²) in [6, 6.07) is -0.206. The van der Waals surface area contributed by atoms with Crippen molar-refractivity contribution in [3.05, 3.63) is 0 Å². The number of hydrogen-bond acceptors (Lipinski definition) is 2. The van der Waals surface area contributed by atoms with E-state index >= 15 is 0 Å². The molecule has 0 aromatic heterocycles. The highest BCUT2D eigenvalue weighted by atomic mass is 16.4. The van der Waals surface area contributed by atoms with Gasteiger partial charge >= 0.3 is 12.0 Å². The maximum absolute atomic E-state index is 11.5. The highest BCUT2D eigenvalue weighted by Crippen LogP contribution is 2.25. The summed E-state index contributed by atoms with van der Waals surface area (Å²) in [5.74, 6) is 1.60. The smallest absolute Gasteiger partial charge is 0.317 e. The van der Waals surface area contributed by atoms with Gasteiger partial charge in [0.2, 0.25) is 0 Å². The number of aliphatic carboxylic acids is 1. The fourth-order valence-corrected chi connectivity index (χ4v) is 1.42. The average molecular weight is 254 g/mol. The fraction of sp³-hybridized carbons (Fsp3) is 0.692. The SMILES string of the molecule is C#CCN(C)C(=O)NCCC(C)(C)CCC(=O)O.